The van der Waals surface area contributed by atoms with E-state index < -0.39 is 5.91 Å². The van der Waals surface area contributed by atoms with Gasteiger partial charge in [-0.05, 0) is 49.9 Å². The summed E-state index contributed by atoms with van der Waals surface area (Å²) in [5.74, 6) is -0.533. The van der Waals surface area contributed by atoms with Gasteiger partial charge in [0.05, 0.1) is 16.9 Å². The van der Waals surface area contributed by atoms with Crippen LogP contribution in [0.5, 0.6) is 0 Å². The highest BCUT2D eigenvalue weighted by Crippen LogP contribution is 2.24. The number of nitrogens with zero attached hydrogens (tertiary/aromatic N) is 3. The normalized spacial score (nSPS) is 12.5. The SMILES string of the molecule is Cc1ccccc1NC(=O)c1nc(C(=O)Nc2ccccc2C#N)c2n1CCCC2. The maximum Gasteiger partial charge on any atom is 0.291 e. The molecule has 30 heavy (non-hydrogen) atoms. The monoisotopic (exact) mass is 399 g/mol. The van der Waals surface area contributed by atoms with Crippen molar-refractivity contribution in [1.82, 2.24) is 9.55 Å². The number of amides is 2. The molecule has 0 radical (unpaired) electrons. The number of imidazole rings is 1. The van der Waals surface area contributed by atoms with E-state index in [1.54, 1.807) is 24.3 Å². The first-order chi connectivity index (χ1) is 14.6. The van der Waals surface area contributed by atoms with Gasteiger partial charge >= 0.3 is 0 Å². The molecular weight excluding hydrogens is 378 g/mol. The van der Waals surface area contributed by atoms with Crippen LogP contribution in [0, 0.1) is 18.3 Å². The van der Waals surface area contributed by atoms with E-state index in [0.717, 1.165) is 24.1 Å². The maximum atomic E-state index is 13.0. The van der Waals surface area contributed by atoms with Crippen LogP contribution in [0.2, 0.25) is 0 Å². The molecule has 0 fully saturated rings. The fraction of sp³-hybridized carbons (Fsp3) is 0.217. The molecule has 0 saturated carbocycles. The first-order valence-corrected chi connectivity index (χ1v) is 9.85. The molecule has 2 heterocycles. The Labute approximate surface area is 174 Å². The number of benzene rings is 2. The van der Waals surface area contributed by atoms with Crippen molar-refractivity contribution < 1.29 is 9.59 Å². The van der Waals surface area contributed by atoms with Gasteiger partial charge in [0.1, 0.15) is 6.07 Å². The first kappa shape index (κ1) is 19.4. The molecule has 7 nitrogen and oxygen atoms in total. The van der Waals surface area contributed by atoms with E-state index in [-0.39, 0.29) is 17.4 Å². The number of hydrogen-bond acceptors (Lipinski definition) is 4. The fourth-order valence-electron chi connectivity index (χ4n) is 3.66. The molecule has 1 aromatic heterocycles. The largest absolute Gasteiger partial charge is 0.323 e. The lowest BCUT2D eigenvalue weighted by atomic mass is 10.1. The molecular formula is C23H21N5O2. The van der Waals surface area contributed by atoms with Crippen molar-refractivity contribution in [1.29, 1.82) is 5.26 Å². The molecule has 2 aromatic carbocycles. The minimum absolute atomic E-state index is 0.228. The van der Waals surface area contributed by atoms with Crippen LogP contribution >= 0.6 is 0 Å². The first-order valence-electron chi connectivity index (χ1n) is 9.85. The number of aromatic nitrogens is 2. The summed E-state index contributed by atoms with van der Waals surface area (Å²) in [7, 11) is 0. The van der Waals surface area contributed by atoms with E-state index in [1.165, 1.54) is 0 Å². The van der Waals surface area contributed by atoms with Crippen molar-refractivity contribution in [3.05, 3.63) is 76.9 Å². The van der Waals surface area contributed by atoms with Crippen LogP contribution in [0.25, 0.3) is 0 Å². The van der Waals surface area contributed by atoms with Gasteiger partial charge in [-0.2, -0.15) is 5.26 Å². The van der Waals surface area contributed by atoms with E-state index in [2.05, 4.69) is 21.7 Å². The number of carbonyl (C=O) groups excluding carboxylic acids is 2. The standard InChI is InChI=1S/C23H21N5O2/c1-15-8-2-4-10-17(15)25-23(30)21-27-20(19-12-6-7-13-28(19)21)22(29)26-18-11-5-3-9-16(18)14-24/h2-5,8-11H,6-7,12-13H2,1H3,(H,25,30)(H,26,29). The van der Waals surface area contributed by atoms with E-state index in [4.69, 9.17) is 0 Å². The zero-order valence-corrected chi connectivity index (χ0v) is 16.6. The number of carbonyl (C=O) groups is 2. The number of para-hydroxylation sites is 2. The van der Waals surface area contributed by atoms with Gasteiger partial charge in [0.25, 0.3) is 11.8 Å². The van der Waals surface area contributed by atoms with Crippen LogP contribution in [0.1, 0.15) is 50.8 Å². The maximum absolute atomic E-state index is 13.0. The lowest BCUT2D eigenvalue weighted by molar-refractivity contribution is 0.101. The molecule has 4 rings (SSSR count). The Bertz CT molecular complexity index is 1170. The number of fused-ring (bicyclic) bond motifs is 1. The second-order valence-electron chi connectivity index (χ2n) is 7.22. The molecule has 2 N–H and O–H groups in total. The van der Waals surface area contributed by atoms with Gasteiger partial charge in [-0.25, -0.2) is 4.98 Å². The summed E-state index contributed by atoms with van der Waals surface area (Å²) in [4.78, 5) is 30.4. The smallest absolute Gasteiger partial charge is 0.291 e. The average molecular weight is 399 g/mol. The van der Waals surface area contributed by atoms with Crippen LogP contribution in [-0.4, -0.2) is 21.4 Å². The average Bonchev–Trinajstić information content (AvgIpc) is 3.16. The zero-order valence-electron chi connectivity index (χ0n) is 16.6. The Morgan fingerprint density at radius 2 is 1.70 bits per heavy atom. The van der Waals surface area contributed by atoms with E-state index >= 15 is 0 Å². The Kier molecular flexibility index (Phi) is 5.31. The van der Waals surface area contributed by atoms with Crippen LogP contribution in [0.3, 0.4) is 0 Å². The molecule has 0 aliphatic carbocycles. The second-order valence-corrected chi connectivity index (χ2v) is 7.22. The lowest BCUT2D eigenvalue weighted by Crippen LogP contribution is -2.21. The Morgan fingerprint density at radius 3 is 2.47 bits per heavy atom. The quantitative estimate of drug-likeness (QED) is 0.695. The number of rotatable bonds is 4. The number of hydrogen-bond donors (Lipinski definition) is 2. The third kappa shape index (κ3) is 3.67. The molecule has 0 unspecified atom stereocenters. The van der Waals surface area contributed by atoms with Crippen LogP contribution in [-0.2, 0) is 13.0 Å². The number of anilines is 2. The zero-order chi connectivity index (χ0) is 21.1. The van der Waals surface area contributed by atoms with Crippen LogP contribution < -0.4 is 10.6 Å². The Hall–Kier alpha value is -3.92. The molecule has 3 aromatic rings. The topological polar surface area (TPSA) is 99.8 Å². The minimum atomic E-state index is -0.418. The number of aryl methyl sites for hydroxylation is 1. The van der Waals surface area contributed by atoms with Gasteiger partial charge in [-0.3, -0.25) is 9.59 Å². The lowest BCUT2D eigenvalue weighted by Gasteiger charge is -2.17. The number of nitriles is 1. The van der Waals surface area contributed by atoms with Crippen molar-refractivity contribution in [3.63, 3.8) is 0 Å². The summed E-state index contributed by atoms with van der Waals surface area (Å²) in [5.41, 5.74) is 3.44. The summed E-state index contributed by atoms with van der Waals surface area (Å²) in [6.45, 7) is 2.56. The van der Waals surface area contributed by atoms with Gasteiger partial charge in [0.2, 0.25) is 0 Å². The molecule has 0 atom stereocenters. The van der Waals surface area contributed by atoms with Crippen LogP contribution in [0.15, 0.2) is 48.5 Å². The van der Waals surface area contributed by atoms with Gasteiger partial charge in [0.15, 0.2) is 11.5 Å². The summed E-state index contributed by atoms with van der Waals surface area (Å²) in [6.07, 6.45) is 2.53. The van der Waals surface area contributed by atoms with Gasteiger partial charge in [-0.1, -0.05) is 30.3 Å². The molecule has 0 spiro atoms. The summed E-state index contributed by atoms with van der Waals surface area (Å²) < 4.78 is 1.84. The molecule has 150 valence electrons. The van der Waals surface area contributed by atoms with E-state index in [9.17, 15) is 14.9 Å². The van der Waals surface area contributed by atoms with Crippen molar-refractivity contribution >= 4 is 23.2 Å². The predicted octanol–water partition coefficient (Wildman–Crippen LogP) is 3.90. The highest BCUT2D eigenvalue weighted by molar-refractivity contribution is 6.07. The molecule has 2 amide bonds. The highest BCUT2D eigenvalue weighted by Gasteiger charge is 2.28. The molecule has 7 heteroatoms. The van der Waals surface area contributed by atoms with Crippen molar-refractivity contribution in [2.24, 2.45) is 0 Å². The van der Waals surface area contributed by atoms with Crippen LogP contribution in [0.4, 0.5) is 11.4 Å². The summed E-state index contributed by atoms with van der Waals surface area (Å²) >= 11 is 0. The summed E-state index contributed by atoms with van der Waals surface area (Å²) in [6, 6.07) is 16.4. The third-order valence-corrected chi connectivity index (χ3v) is 5.22. The van der Waals surface area contributed by atoms with Crippen molar-refractivity contribution in [2.75, 3.05) is 10.6 Å². The van der Waals surface area contributed by atoms with Crippen molar-refractivity contribution in [2.45, 2.75) is 32.7 Å². The Balaban J connectivity index is 1.66. The minimum Gasteiger partial charge on any atom is -0.323 e. The Morgan fingerprint density at radius 1 is 1.00 bits per heavy atom. The predicted molar refractivity (Wildman–Crippen MR) is 113 cm³/mol. The third-order valence-electron chi connectivity index (χ3n) is 5.22. The van der Waals surface area contributed by atoms with Gasteiger partial charge in [0, 0.05) is 12.2 Å². The van der Waals surface area contributed by atoms with Gasteiger partial charge < -0.3 is 15.2 Å². The number of nitrogens with one attached hydrogen (secondary N) is 2. The van der Waals surface area contributed by atoms with E-state index in [0.29, 0.717) is 29.9 Å². The molecule has 0 saturated heterocycles. The fourth-order valence-corrected chi connectivity index (χ4v) is 3.66. The summed E-state index contributed by atoms with van der Waals surface area (Å²) in [5, 5.41) is 14.9. The highest BCUT2D eigenvalue weighted by atomic mass is 16.2. The second kappa shape index (κ2) is 8.21. The molecule has 1 aliphatic rings. The van der Waals surface area contributed by atoms with E-state index in [1.807, 2.05) is 35.8 Å². The van der Waals surface area contributed by atoms with Crippen molar-refractivity contribution in [3.8, 4) is 6.07 Å². The molecule has 1 aliphatic heterocycles. The van der Waals surface area contributed by atoms with Gasteiger partial charge in [-0.15, -0.1) is 0 Å². The molecule has 0 bridgehead atoms.